The molecule has 1 N–H and O–H groups in total. The van der Waals surface area contributed by atoms with Crippen molar-refractivity contribution in [3.8, 4) is 0 Å². The van der Waals surface area contributed by atoms with Crippen LogP contribution in [-0.2, 0) is 0 Å². The van der Waals surface area contributed by atoms with Crippen LogP contribution in [0.15, 0.2) is 24.3 Å². The SMILES string of the molecule is CN(C)C1(CO)CCCN(c2ccccc2F)C1. The monoisotopic (exact) mass is 252 g/mol. The summed E-state index contributed by atoms with van der Waals surface area (Å²) in [6.07, 6.45) is 1.91. The van der Waals surface area contributed by atoms with E-state index < -0.39 is 0 Å². The molecule has 1 aliphatic rings. The lowest BCUT2D eigenvalue weighted by atomic mass is 9.88. The Labute approximate surface area is 108 Å². The minimum Gasteiger partial charge on any atom is -0.394 e. The fourth-order valence-electron chi connectivity index (χ4n) is 2.66. The Morgan fingerprint density at radius 3 is 2.72 bits per heavy atom. The van der Waals surface area contributed by atoms with Crippen LogP contribution in [-0.4, -0.2) is 49.3 Å². The number of benzene rings is 1. The van der Waals surface area contributed by atoms with E-state index in [1.807, 2.05) is 25.1 Å². The van der Waals surface area contributed by atoms with Crippen LogP contribution in [0.5, 0.6) is 0 Å². The number of aliphatic hydroxyl groups is 1. The summed E-state index contributed by atoms with van der Waals surface area (Å²) in [5.41, 5.74) is 0.373. The predicted molar refractivity (Wildman–Crippen MR) is 71.4 cm³/mol. The van der Waals surface area contributed by atoms with E-state index in [2.05, 4.69) is 4.90 Å². The largest absolute Gasteiger partial charge is 0.394 e. The van der Waals surface area contributed by atoms with Crippen LogP contribution in [0.4, 0.5) is 10.1 Å². The van der Waals surface area contributed by atoms with Gasteiger partial charge in [-0.2, -0.15) is 0 Å². The summed E-state index contributed by atoms with van der Waals surface area (Å²) >= 11 is 0. The number of piperidine rings is 1. The third-order valence-electron chi connectivity index (χ3n) is 3.99. The highest BCUT2D eigenvalue weighted by Crippen LogP contribution is 2.30. The molecule has 1 fully saturated rings. The van der Waals surface area contributed by atoms with Crippen LogP contribution in [0.2, 0.25) is 0 Å². The second-order valence-electron chi connectivity index (χ2n) is 5.25. The number of aliphatic hydroxyl groups excluding tert-OH is 1. The molecular formula is C14H21FN2O. The van der Waals surface area contributed by atoms with Gasteiger partial charge in [-0.1, -0.05) is 12.1 Å². The van der Waals surface area contributed by atoms with E-state index in [1.165, 1.54) is 6.07 Å². The number of para-hydroxylation sites is 1. The molecule has 4 heteroatoms. The fourth-order valence-corrected chi connectivity index (χ4v) is 2.66. The smallest absolute Gasteiger partial charge is 0.146 e. The number of rotatable bonds is 3. The molecule has 1 aromatic carbocycles. The topological polar surface area (TPSA) is 26.7 Å². The summed E-state index contributed by atoms with van der Waals surface area (Å²) < 4.78 is 13.8. The van der Waals surface area contributed by atoms with Crippen LogP contribution < -0.4 is 4.90 Å². The fraction of sp³-hybridized carbons (Fsp3) is 0.571. The van der Waals surface area contributed by atoms with E-state index in [0.29, 0.717) is 12.2 Å². The van der Waals surface area contributed by atoms with Gasteiger partial charge in [0.25, 0.3) is 0 Å². The number of hydrogen-bond donors (Lipinski definition) is 1. The third-order valence-corrected chi connectivity index (χ3v) is 3.99. The summed E-state index contributed by atoms with van der Waals surface area (Å²) in [4.78, 5) is 4.09. The standard InChI is InChI=1S/C14H21FN2O/c1-16(2)14(11-18)8-5-9-17(10-14)13-7-4-3-6-12(13)15/h3-4,6-7,18H,5,8-11H2,1-2H3. The first-order valence-corrected chi connectivity index (χ1v) is 6.37. The van der Waals surface area contributed by atoms with Gasteiger partial charge in [0, 0.05) is 13.1 Å². The zero-order valence-corrected chi connectivity index (χ0v) is 11.1. The van der Waals surface area contributed by atoms with Crippen molar-refractivity contribution in [1.29, 1.82) is 0 Å². The van der Waals surface area contributed by atoms with E-state index in [1.54, 1.807) is 12.1 Å². The second kappa shape index (κ2) is 5.24. The second-order valence-corrected chi connectivity index (χ2v) is 5.25. The van der Waals surface area contributed by atoms with Gasteiger partial charge in [0.15, 0.2) is 0 Å². The molecule has 3 nitrogen and oxygen atoms in total. The molecule has 100 valence electrons. The van der Waals surface area contributed by atoms with E-state index in [-0.39, 0.29) is 18.0 Å². The highest BCUT2D eigenvalue weighted by molar-refractivity contribution is 5.48. The molecular weight excluding hydrogens is 231 g/mol. The van der Waals surface area contributed by atoms with Crippen molar-refractivity contribution in [2.24, 2.45) is 0 Å². The van der Waals surface area contributed by atoms with Gasteiger partial charge in [0.2, 0.25) is 0 Å². The highest BCUT2D eigenvalue weighted by Gasteiger charge is 2.37. The summed E-state index contributed by atoms with van der Waals surface area (Å²) in [6, 6.07) is 6.84. The Morgan fingerprint density at radius 1 is 1.39 bits per heavy atom. The maximum absolute atomic E-state index is 13.8. The quantitative estimate of drug-likeness (QED) is 0.887. The summed E-state index contributed by atoms with van der Waals surface area (Å²) in [7, 11) is 3.95. The molecule has 1 aliphatic heterocycles. The number of hydrogen-bond acceptors (Lipinski definition) is 3. The van der Waals surface area contributed by atoms with Gasteiger partial charge in [-0.15, -0.1) is 0 Å². The average molecular weight is 252 g/mol. The molecule has 0 amide bonds. The van der Waals surface area contributed by atoms with Gasteiger partial charge in [-0.3, -0.25) is 4.90 Å². The van der Waals surface area contributed by atoms with Crippen LogP contribution in [0.1, 0.15) is 12.8 Å². The Balaban J connectivity index is 2.24. The van der Waals surface area contributed by atoms with Crippen molar-refractivity contribution >= 4 is 5.69 Å². The van der Waals surface area contributed by atoms with Gasteiger partial charge in [0.05, 0.1) is 17.8 Å². The molecule has 0 bridgehead atoms. The van der Waals surface area contributed by atoms with Gasteiger partial charge in [0.1, 0.15) is 5.82 Å². The minimum atomic E-state index is -0.263. The Kier molecular flexibility index (Phi) is 3.88. The summed E-state index contributed by atoms with van der Waals surface area (Å²) in [5, 5.41) is 9.68. The third kappa shape index (κ3) is 2.35. The van der Waals surface area contributed by atoms with E-state index in [0.717, 1.165) is 19.4 Å². The molecule has 0 aliphatic carbocycles. The van der Waals surface area contributed by atoms with Crippen molar-refractivity contribution in [1.82, 2.24) is 4.90 Å². The molecule has 0 saturated carbocycles. The number of nitrogens with zero attached hydrogens (tertiary/aromatic N) is 2. The predicted octanol–water partition coefficient (Wildman–Crippen LogP) is 1.72. The summed E-state index contributed by atoms with van der Waals surface area (Å²) in [5.74, 6) is -0.190. The maximum atomic E-state index is 13.8. The number of anilines is 1. The van der Waals surface area contributed by atoms with Crippen molar-refractivity contribution in [2.45, 2.75) is 18.4 Å². The Bertz CT molecular complexity index is 411. The molecule has 0 spiro atoms. The average Bonchev–Trinajstić information content (AvgIpc) is 2.39. The van der Waals surface area contributed by atoms with Crippen molar-refractivity contribution < 1.29 is 9.50 Å². The van der Waals surface area contributed by atoms with E-state index in [9.17, 15) is 9.50 Å². The number of halogens is 1. The van der Waals surface area contributed by atoms with Gasteiger partial charge in [-0.05, 0) is 39.1 Å². The minimum absolute atomic E-state index is 0.102. The van der Waals surface area contributed by atoms with Gasteiger partial charge in [-0.25, -0.2) is 4.39 Å². The van der Waals surface area contributed by atoms with Crippen molar-refractivity contribution in [3.05, 3.63) is 30.1 Å². The van der Waals surface area contributed by atoms with Gasteiger partial charge < -0.3 is 10.0 Å². The van der Waals surface area contributed by atoms with Crippen molar-refractivity contribution in [2.75, 3.05) is 38.7 Å². The number of likely N-dealkylation sites (N-methyl/N-ethyl adjacent to an activating group) is 1. The van der Waals surface area contributed by atoms with Crippen LogP contribution in [0.3, 0.4) is 0 Å². The van der Waals surface area contributed by atoms with Crippen LogP contribution >= 0.6 is 0 Å². The maximum Gasteiger partial charge on any atom is 0.146 e. The normalized spacial score (nSPS) is 24.6. The Morgan fingerprint density at radius 2 is 2.11 bits per heavy atom. The lowest BCUT2D eigenvalue weighted by molar-refractivity contribution is 0.0545. The van der Waals surface area contributed by atoms with Crippen molar-refractivity contribution in [3.63, 3.8) is 0 Å². The molecule has 1 heterocycles. The van der Waals surface area contributed by atoms with E-state index in [4.69, 9.17) is 0 Å². The summed E-state index contributed by atoms with van der Waals surface area (Å²) in [6.45, 7) is 1.61. The molecule has 1 unspecified atom stereocenters. The molecule has 1 saturated heterocycles. The molecule has 18 heavy (non-hydrogen) atoms. The lowest BCUT2D eigenvalue weighted by Crippen LogP contribution is -2.58. The van der Waals surface area contributed by atoms with Crippen LogP contribution in [0.25, 0.3) is 0 Å². The zero-order chi connectivity index (χ0) is 13.2. The van der Waals surface area contributed by atoms with E-state index >= 15 is 0 Å². The zero-order valence-electron chi connectivity index (χ0n) is 11.1. The molecule has 0 aromatic heterocycles. The first kappa shape index (κ1) is 13.3. The molecule has 2 rings (SSSR count). The first-order chi connectivity index (χ1) is 8.59. The molecule has 1 atom stereocenters. The Hall–Kier alpha value is -1.13. The lowest BCUT2D eigenvalue weighted by Gasteiger charge is -2.46. The molecule has 0 radical (unpaired) electrons. The van der Waals surface area contributed by atoms with Gasteiger partial charge >= 0.3 is 0 Å². The first-order valence-electron chi connectivity index (χ1n) is 6.37. The van der Waals surface area contributed by atoms with Crippen LogP contribution in [0, 0.1) is 5.82 Å². The molecule has 1 aromatic rings. The highest BCUT2D eigenvalue weighted by atomic mass is 19.1.